The minimum absolute atomic E-state index is 0.0752. The summed E-state index contributed by atoms with van der Waals surface area (Å²) >= 11 is 0. The van der Waals surface area contributed by atoms with Crippen LogP contribution in [0.5, 0.6) is 5.75 Å². The second-order valence-corrected chi connectivity index (χ2v) is 10.0. The Morgan fingerprint density at radius 3 is 2.48 bits per heavy atom. The molecule has 3 atom stereocenters. The lowest BCUT2D eigenvalue weighted by Crippen LogP contribution is -2.62. The minimum atomic E-state index is -0.0853. The van der Waals surface area contributed by atoms with Crippen molar-refractivity contribution in [2.45, 2.75) is 50.6 Å². The summed E-state index contributed by atoms with van der Waals surface area (Å²) in [5.74, 6) is 1.75. The number of urea groups is 1. The molecule has 33 heavy (non-hydrogen) atoms. The molecule has 4 aliphatic rings. The Labute approximate surface area is 195 Å². The number of likely N-dealkylation sites (tertiary alicyclic amines) is 2. The van der Waals surface area contributed by atoms with Crippen LogP contribution in [-0.4, -0.2) is 84.5 Å². The topological polar surface area (TPSA) is 82.2 Å². The van der Waals surface area contributed by atoms with E-state index in [1.54, 1.807) is 31.4 Å². The largest absolute Gasteiger partial charge is 0.497 e. The standard InChI is InChI=1S/C25H34N4O4/c1-33-21-7-5-18(6-8-21)24(31)26-20-9-11-27(12-10-20)25(32)28-14-17-13-19(16-28)22-3-2-4-23(30)29(22)15-17/h5-8,17,19-20,22H,2-4,9-16H2,1H3,(H,26,31)/t17?,19?,22-/m1/s1. The van der Waals surface area contributed by atoms with Gasteiger partial charge < -0.3 is 24.8 Å². The highest BCUT2D eigenvalue weighted by Crippen LogP contribution is 2.38. The van der Waals surface area contributed by atoms with Crippen molar-refractivity contribution < 1.29 is 19.1 Å². The second-order valence-electron chi connectivity index (χ2n) is 10.0. The third-order valence-corrected chi connectivity index (χ3v) is 7.90. The Balaban J connectivity index is 1.13. The molecule has 1 aromatic carbocycles. The zero-order valence-electron chi connectivity index (χ0n) is 19.4. The zero-order chi connectivity index (χ0) is 22.9. The van der Waals surface area contributed by atoms with E-state index < -0.39 is 0 Å². The van der Waals surface area contributed by atoms with Crippen LogP contribution < -0.4 is 10.1 Å². The molecule has 5 rings (SSSR count). The summed E-state index contributed by atoms with van der Waals surface area (Å²) in [5, 5.41) is 3.11. The first-order valence-corrected chi connectivity index (χ1v) is 12.3. The Bertz CT molecular complexity index is 896. The van der Waals surface area contributed by atoms with Crippen LogP contribution in [0.25, 0.3) is 0 Å². The van der Waals surface area contributed by atoms with Gasteiger partial charge in [0.1, 0.15) is 5.75 Å². The molecular weight excluding hydrogens is 420 g/mol. The number of amides is 4. The van der Waals surface area contributed by atoms with E-state index >= 15 is 0 Å². The highest BCUT2D eigenvalue weighted by Gasteiger charge is 2.45. The van der Waals surface area contributed by atoms with Gasteiger partial charge in [0, 0.05) is 56.8 Å². The molecule has 4 amide bonds. The van der Waals surface area contributed by atoms with Gasteiger partial charge in [0.05, 0.1) is 7.11 Å². The number of rotatable bonds is 3. The number of ether oxygens (including phenoxy) is 1. The normalized spacial score (nSPS) is 27.7. The van der Waals surface area contributed by atoms with E-state index in [0.29, 0.717) is 48.9 Å². The van der Waals surface area contributed by atoms with E-state index in [9.17, 15) is 14.4 Å². The molecule has 0 radical (unpaired) electrons. The van der Waals surface area contributed by atoms with Crippen LogP contribution in [0.2, 0.25) is 0 Å². The summed E-state index contributed by atoms with van der Waals surface area (Å²) in [4.78, 5) is 44.3. The average molecular weight is 455 g/mol. The smallest absolute Gasteiger partial charge is 0.320 e. The van der Waals surface area contributed by atoms with Crippen molar-refractivity contribution in [3.63, 3.8) is 0 Å². The van der Waals surface area contributed by atoms with Gasteiger partial charge in [0.25, 0.3) is 5.91 Å². The lowest BCUT2D eigenvalue weighted by Gasteiger charge is -2.53. The average Bonchev–Trinajstić information content (AvgIpc) is 2.84. The van der Waals surface area contributed by atoms with Crippen LogP contribution in [0, 0.1) is 11.8 Å². The van der Waals surface area contributed by atoms with Crippen LogP contribution >= 0.6 is 0 Å². The summed E-state index contributed by atoms with van der Waals surface area (Å²) in [6.45, 7) is 3.64. The van der Waals surface area contributed by atoms with E-state index in [0.717, 1.165) is 57.5 Å². The minimum Gasteiger partial charge on any atom is -0.497 e. The van der Waals surface area contributed by atoms with Gasteiger partial charge >= 0.3 is 6.03 Å². The highest BCUT2D eigenvalue weighted by molar-refractivity contribution is 5.94. The van der Waals surface area contributed by atoms with Crippen LogP contribution in [0.4, 0.5) is 4.79 Å². The van der Waals surface area contributed by atoms with Gasteiger partial charge in [-0.1, -0.05) is 0 Å². The molecule has 0 spiro atoms. The lowest BCUT2D eigenvalue weighted by molar-refractivity contribution is -0.144. The number of hydrogen-bond acceptors (Lipinski definition) is 4. The summed E-state index contributed by atoms with van der Waals surface area (Å²) in [6, 6.07) is 7.62. The maximum atomic E-state index is 13.3. The molecule has 1 aromatic rings. The monoisotopic (exact) mass is 454 g/mol. The van der Waals surface area contributed by atoms with Crippen LogP contribution in [0.15, 0.2) is 24.3 Å². The van der Waals surface area contributed by atoms with Gasteiger partial charge in [-0.15, -0.1) is 0 Å². The fraction of sp³-hybridized carbons (Fsp3) is 0.640. The van der Waals surface area contributed by atoms with Gasteiger partial charge in [0.15, 0.2) is 0 Å². The molecule has 4 aliphatic heterocycles. The fourth-order valence-corrected chi connectivity index (χ4v) is 6.19. The Morgan fingerprint density at radius 2 is 1.76 bits per heavy atom. The lowest BCUT2D eigenvalue weighted by atomic mass is 9.76. The Morgan fingerprint density at radius 1 is 1.00 bits per heavy atom. The molecule has 1 N–H and O–H groups in total. The number of piperidine rings is 4. The van der Waals surface area contributed by atoms with E-state index in [4.69, 9.17) is 4.74 Å². The molecule has 4 heterocycles. The number of nitrogens with zero attached hydrogens (tertiary/aromatic N) is 3. The molecule has 0 aliphatic carbocycles. The van der Waals surface area contributed by atoms with Crippen molar-refractivity contribution in [1.29, 1.82) is 0 Å². The van der Waals surface area contributed by atoms with Crippen molar-refractivity contribution in [2.24, 2.45) is 11.8 Å². The fourth-order valence-electron chi connectivity index (χ4n) is 6.19. The molecule has 8 nitrogen and oxygen atoms in total. The molecule has 0 saturated carbocycles. The zero-order valence-corrected chi connectivity index (χ0v) is 19.4. The quantitative estimate of drug-likeness (QED) is 0.760. The number of carbonyl (C=O) groups excluding carboxylic acids is 3. The van der Waals surface area contributed by atoms with Crippen molar-refractivity contribution >= 4 is 17.8 Å². The van der Waals surface area contributed by atoms with Gasteiger partial charge in [-0.3, -0.25) is 9.59 Å². The molecular formula is C25H34N4O4. The van der Waals surface area contributed by atoms with Crippen molar-refractivity contribution in [2.75, 3.05) is 39.8 Å². The molecule has 4 fully saturated rings. The number of fused-ring (bicyclic) bond motifs is 4. The van der Waals surface area contributed by atoms with E-state index in [-0.39, 0.29) is 18.0 Å². The first-order chi connectivity index (χ1) is 16.0. The predicted octanol–water partition coefficient (Wildman–Crippen LogP) is 2.34. The third kappa shape index (κ3) is 4.52. The van der Waals surface area contributed by atoms with Crippen LogP contribution in [-0.2, 0) is 4.79 Å². The number of nitrogens with one attached hydrogen (secondary N) is 1. The highest BCUT2D eigenvalue weighted by atomic mass is 16.5. The number of methoxy groups -OCH3 is 1. The Hall–Kier alpha value is -2.77. The van der Waals surface area contributed by atoms with Gasteiger partial charge in [-0.2, -0.15) is 0 Å². The summed E-state index contributed by atoms with van der Waals surface area (Å²) in [7, 11) is 1.60. The molecule has 4 saturated heterocycles. The first-order valence-electron chi connectivity index (χ1n) is 12.3. The summed E-state index contributed by atoms with van der Waals surface area (Å²) < 4.78 is 5.15. The van der Waals surface area contributed by atoms with Gasteiger partial charge in [-0.25, -0.2) is 4.79 Å². The van der Waals surface area contributed by atoms with Crippen molar-refractivity contribution in [3.05, 3.63) is 29.8 Å². The Kier molecular flexibility index (Phi) is 6.17. The van der Waals surface area contributed by atoms with Crippen LogP contribution in [0.1, 0.15) is 48.9 Å². The molecule has 8 heteroatoms. The maximum absolute atomic E-state index is 13.3. The van der Waals surface area contributed by atoms with Gasteiger partial charge in [-0.05, 0) is 68.2 Å². The number of carbonyl (C=O) groups is 3. The SMILES string of the molecule is COc1ccc(C(=O)NC2CCN(C(=O)N3CC4CC(C3)[C@H]3CCCC(=O)N3C4)CC2)cc1. The van der Waals surface area contributed by atoms with Crippen LogP contribution in [0.3, 0.4) is 0 Å². The van der Waals surface area contributed by atoms with E-state index in [1.807, 2.05) is 9.80 Å². The van der Waals surface area contributed by atoms with E-state index in [2.05, 4.69) is 10.2 Å². The number of benzene rings is 1. The molecule has 2 bridgehead atoms. The third-order valence-electron chi connectivity index (χ3n) is 7.90. The molecule has 178 valence electrons. The number of hydrogen-bond donors (Lipinski definition) is 1. The molecule has 2 unspecified atom stereocenters. The van der Waals surface area contributed by atoms with Crippen molar-refractivity contribution in [1.82, 2.24) is 20.0 Å². The first kappa shape index (κ1) is 22.0. The summed E-state index contributed by atoms with van der Waals surface area (Å²) in [6.07, 6.45) is 5.40. The van der Waals surface area contributed by atoms with Crippen molar-refractivity contribution in [3.8, 4) is 5.75 Å². The maximum Gasteiger partial charge on any atom is 0.320 e. The predicted molar refractivity (Wildman–Crippen MR) is 123 cm³/mol. The molecule has 0 aromatic heterocycles. The van der Waals surface area contributed by atoms with Gasteiger partial charge in [0.2, 0.25) is 5.91 Å². The van der Waals surface area contributed by atoms with E-state index in [1.165, 1.54) is 0 Å². The summed E-state index contributed by atoms with van der Waals surface area (Å²) in [5.41, 5.74) is 0.615. The second kappa shape index (κ2) is 9.23.